The largest absolute Gasteiger partial charge is 0.508 e. The van der Waals surface area contributed by atoms with Gasteiger partial charge in [-0.2, -0.15) is 0 Å². The fraction of sp³-hybridized carbons (Fsp3) is 0.207. The molecule has 6 rings (SSSR count). The molecule has 8 heteroatoms. The van der Waals surface area contributed by atoms with E-state index in [-0.39, 0.29) is 23.2 Å². The molecular weight excluding hydrogens is 488 g/mol. The normalized spacial score (nSPS) is 20.5. The number of aryl methyl sites for hydroxylation is 2. The number of carbonyl (C=O) groups excluding carboxylic acids is 2. The lowest BCUT2D eigenvalue weighted by molar-refractivity contribution is -0.132. The number of benzene rings is 3. The molecule has 0 saturated carbocycles. The minimum atomic E-state index is -0.911. The van der Waals surface area contributed by atoms with Crippen molar-refractivity contribution in [1.82, 2.24) is 4.98 Å². The van der Waals surface area contributed by atoms with Crippen LogP contribution in [0.15, 0.2) is 60.2 Å². The van der Waals surface area contributed by atoms with Crippen LogP contribution in [0.4, 0.5) is 5.13 Å². The number of thiazole rings is 1. The summed E-state index contributed by atoms with van der Waals surface area (Å²) >= 11 is 1.33. The van der Waals surface area contributed by atoms with Gasteiger partial charge in [0.2, 0.25) is 0 Å². The first-order valence-corrected chi connectivity index (χ1v) is 12.8. The van der Waals surface area contributed by atoms with Gasteiger partial charge in [-0.1, -0.05) is 29.5 Å². The molecule has 1 aromatic heterocycles. The average molecular weight is 513 g/mol. The molecular formula is C29H24N2O5S. The standard InChI is InChI=1S/C29H24N2O5S/c1-14-10-15(2)24-22(11-14)37-29(30-24)31-25(17-4-7-20(32)8-5-17)23(27(34)28(31)35)26(33)18-6-9-21-19(13-18)12-16(3)36-21/h4-11,13,16,25,32-33H,12H2,1-3H3/t16-,25+/m1/s1. The first kappa shape index (κ1) is 23.2. The smallest absolute Gasteiger partial charge is 0.301 e. The van der Waals surface area contributed by atoms with E-state index < -0.39 is 17.7 Å². The Kier molecular flexibility index (Phi) is 5.31. The number of aromatic hydroxyl groups is 1. The predicted octanol–water partition coefficient (Wildman–Crippen LogP) is 5.57. The molecule has 3 heterocycles. The van der Waals surface area contributed by atoms with E-state index in [9.17, 15) is 19.8 Å². The summed E-state index contributed by atoms with van der Waals surface area (Å²) in [6.45, 7) is 5.93. The summed E-state index contributed by atoms with van der Waals surface area (Å²) in [6.07, 6.45) is 0.720. The van der Waals surface area contributed by atoms with Crippen LogP contribution in [-0.2, 0) is 16.0 Å². The maximum atomic E-state index is 13.5. The highest BCUT2D eigenvalue weighted by Crippen LogP contribution is 2.45. The molecule has 1 fully saturated rings. The Morgan fingerprint density at radius 1 is 1.08 bits per heavy atom. The average Bonchev–Trinajstić information content (AvgIpc) is 3.52. The molecule has 186 valence electrons. The van der Waals surface area contributed by atoms with E-state index in [2.05, 4.69) is 0 Å². The van der Waals surface area contributed by atoms with Crippen LogP contribution in [-0.4, -0.2) is 33.0 Å². The van der Waals surface area contributed by atoms with Crippen LogP contribution in [0.3, 0.4) is 0 Å². The monoisotopic (exact) mass is 512 g/mol. The zero-order valence-electron chi connectivity index (χ0n) is 20.5. The van der Waals surface area contributed by atoms with Gasteiger partial charge in [-0.05, 0) is 79.4 Å². The number of hydrogen-bond acceptors (Lipinski definition) is 7. The minimum absolute atomic E-state index is 0.0187. The molecule has 2 aliphatic rings. The van der Waals surface area contributed by atoms with Crippen molar-refractivity contribution < 1.29 is 24.5 Å². The van der Waals surface area contributed by atoms with Crippen LogP contribution >= 0.6 is 11.3 Å². The molecule has 2 N–H and O–H groups in total. The number of phenolic OH excluding ortho intramolecular Hbond substituents is 1. The predicted molar refractivity (Wildman–Crippen MR) is 142 cm³/mol. The van der Waals surface area contributed by atoms with Crippen molar-refractivity contribution in [2.45, 2.75) is 39.3 Å². The molecule has 0 unspecified atom stereocenters. The minimum Gasteiger partial charge on any atom is -0.508 e. The number of anilines is 1. The van der Waals surface area contributed by atoms with E-state index in [1.165, 1.54) is 28.4 Å². The van der Waals surface area contributed by atoms with E-state index in [1.54, 1.807) is 30.3 Å². The summed E-state index contributed by atoms with van der Waals surface area (Å²) in [5.41, 5.74) is 4.75. The van der Waals surface area contributed by atoms with E-state index in [1.807, 2.05) is 32.9 Å². The van der Waals surface area contributed by atoms with Crippen molar-refractivity contribution in [3.63, 3.8) is 0 Å². The number of aromatic nitrogens is 1. The van der Waals surface area contributed by atoms with E-state index in [0.717, 1.165) is 32.7 Å². The van der Waals surface area contributed by atoms with E-state index in [4.69, 9.17) is 9.72 Å². The molecule has 1 saturated heterocycles. The molecule has 2 aliphatic heterocycles. The number of nitrogens with zero attached hydrogens (tertiary/aromatic N) is 2. The summed E-state index contributed by atoms with van der Waals surface area (Å²) in [5.74, 6) is -0.993. The molecule has 0 aliphatic carbocycles. The van der Waals surface area contributed by atoms with Crippen molar-refractivity contribution in [1.29, 1.82) is 0 Å². The summed E-state index contributed by atoms with van der Waals surface area (Å²) in [5, 5.41) is 21.7. The van der Waals surface area contributed by atoms with Crippen LogP contribution in [0, 0.1) is 13.8 Å². The molecule has 2 atom stereocenters. The second-order valence-corrected chi connectivity index (χ2v) is 10.6. The Morgan fingerprint density at radius 3 is 2.59 bits per heavy atom. The van der Waals surface area contributed by atoms with Gasteiger partial charge in [0.25, 0.3) is 5.78 Å². The fourth-order valence-electron chi connectivity index (χ4n) is 5.19. The lowest BCUT2D eigenvalue weighted by atomic mass is 9.94. The Hall–Kier alpha value is -4.17. The number of aliphatic hydroxyl groups excluding tert-OH is 1. The lowest BCUT2D eigenvalue weighted by Crippen LogP contribution is -2.29. The summed E-state index contributed by atoms with van der Waals surface area (Å²) < 4.78 is 6.68. The van der Waals surface area contributed by atoms with Crippen LogP contribution < -0.4 is 9.64 Å². The molecule has 3 aromatic carbocycles. The van der Waals surface area contributed by atoms with Crippen molar-refractivity contribution in [3.8, 4) is 11.5 Å². The second-order valence-electron chi connectivity index (χ2n) is 9.64. The highest BCUT2D eigenvalue weighted by atomic mass is 32.1. The zero-order valence-corrected chi connectivity index (χ0v) is 21.3. The first-order chi connectivity index (χ1) is 17.7. The van der Waals surface area contributed by atoms with Gasteiger partial charge in [-0.15, -0.1) is 0 Å². The third-order valence-electron chi connectivity index (χ3n) is 6.85. The first-order valence-electron chi connectivity index (χ1n) is 12.0. The van der Waals surface area contributed by atoms with Crippen molar-refractivity contribution in [2.24, 2.45) is 0 Å². The van der Waals surface area contributed by atoms with Gasteiger partial charge in [0.05, 0.1) is 21.8 Å². The number of Topliss-reactive ketones (excluding diaryl/α,β-unsaturated/α-hetero) is 1. The zero-order chi connectivity index (χ0) is 26.0. The molecule has 0 radical (unpaired) electrons. The molecule has 1 amide bonds. The number of fused-ring (bicyclic) bond motifs is 2. The number of rotatable bonds is 3. The third-order valence-corrected chi connectivity index (χ3v) is 7.85. The second kappa shape index (κ2) is 8.45. The van der Waals surface area contributed by atoms with Crippen molar-refractivity contribution in [2.75, 3.05) is 4.90 Å². The number of amides is 1. The number of ketones is 1. The molecule has 0 spiro atoms. The number of hydrogen-bond donors (Lipinski definition) is 2. The van der Waals surface area contributed by atoms with Gasteiger partial charge < -0.3 is 14.9 Å². The SMILES string of the molecule is Cc1cc(C)c2nc(N3C(=O)C(=O)C(=C(O)c4ccc5c(c4)C[C@@H](C)O5)[C@@H]3c3ccc(O)cc3)sc2c1. The van der Waals surface area contributed by atoms with Crippen molar-refractivity contribution >= 4 is 44.1 Å². The Balaban J connectivity index is 1.54. The van der Waals surface area contributed by atoms with Gasteiger partial charge in [0, 0.05) is 12.0 Å². The van der Waals surface area contributed by atoms with E-state index >= 15 is 0 Å². The number of carbonyl (C=O) groups is 2. The van der Waals surface area contributed by atoms with Crippen LogP contribution in [0.25, 0.3) is 16.0 Å². The summed E-state index contributed by atoms with van der Waals surface area (Å²) in [4.78, 5) is 33.1. The van der Waals surface area contributed by atoms with Gasteiger partial charge in [0.1, 0.15) is 23.4 Å². The number of ether oxygens (including phenoxy) is 1. The Labute approximate surface area is 217 Å². The van der Waals surface area contributed by atoms with Crippen LogP contribution in [0.1, 0.15) is 40.8 Å². The molecule has 7 nitrogen and oxygen atoms in total. The maximum absolute atomic E-state index is 13.5. The Morgan fingerprint density at radius 2 is 1.84 bits per heavy atom. The fourth-order valence-corrected chi connectivity index (χ4v) is 6.36. The van der Waals surface area contributed by atoms with Crippen LogP contribution in [0.2, 0.25) is 0 Å². The lowest BCUT2D eigenvalue weighted by Gasteiger charge is -2.23. The number of phenols is 1. The molecule has 37 heavy (non-hydrogen) atoms. The third kappa shape index (κ3) is 3.76. The number of aliphatic hydroxyl groups is 1. The highest BCUT2D eigenvalue weighted by Gasteiger charge is 2.48. The summed E-state index contributed by atoms with van der Waals surface area (Å²) in [6, 6.07) is 14.7. The van der Waals surface area contributed by atoms with E-state index in [0.29, 0.717) is 22.7 Å². The van der Waals surface area contributed by atoms with Gasteiger partial charge in [-0.3, -0.25) is 14.5 Å². The van der Waals surface area contributed by atoms with Crippen LogP contribution in [0.5, 0.6) is 11.5 Å². The van der Waals surface area contributed by atoms with Gasteiger partial charge >= 0.3 is 5.91 Å². The molecule has 0 bridgehead atoms. The maximum Gasteiger partial charge on any atom is 0.301 e. The topological polar surface area (TPSA) is 100.0 Å². The summed E-state index contributed by atoms with van der Waals surface area (Å²) in [7, 11) is 0. The molecule has 4 aromatic rings. The van der Waals surface area contributed by atoms with Crippen molar-refractivity contribution in [3.05, 3.63) is 88.0 Å². The quantitative estimate of drug-likeness (QED) is 0.212. The van der Waals surface area contributed by atoms with Gasteiger partial charge in [0.15, 0.2) is 5.13 Å². The highest BCUT2D eigenvalue weighted by molar-refractivity contribution is 7.22. The Bertz CT molecular complexity index is 1640. The van der Waals surface area contributed by atoms with Gasteiger partial charge in [-0.25, -0.2) is 4.98 Å².